The molecule has 1 aliphatic rings. The molecule has 1 saturated heterocycles. The minimum Gasteiger partial charge on any atom is -0.449 e. The highest BCUT2D eigenvalue weighted by Gasteiger charge is 2.30. The van der Waals surface area contributed by atoms with Gasteiger partial charge in [-0.05, 0) is 43.2 Å². The molecule has 4 rings (SSSR count). The maximum atomic E-state index is 13.2. The monoisotopic (exact) mass is 531 g/mol. The van der Waals surface area contributed by atoms with Gasteiger partial charge in [0, 0.05) is 42.7 Å². The molecule has 10 heteroatoms. The number of fused-ring (bicyclic) bond motifs is 1. The topological polar surface area (TPSA) is 62.7 Å². The summed E-state index contributed by atoms with van der Waals surface area (Å²) in [6.45, 7) is 7.02. The summed E-state index contributed by atoms with van der Waals surface area (Å²) in [5.74, 6) is -0.212. The highest BCUT2D eigenvalue weighted by Crippen LogP contribution is 2.35. The average Bonchev–Trinajstić information content (AvgIpc) is 2.89. The molecule has 1 aliphatic heterocycles. The first kappa shape index (κ1) is 26.5. The number of aromatic nitrogens is 1. The molecular formula is C27H25ClF3N3O3. The second-order valence-electron chi connectivity index (χ2n) is 8.68. The van der Waals surface area contributed by atoms with Crippen LogP contribution in [0, 0.1) is 6.92 Å². The van der Waals surface area contributed by atoms with E-state index < -0.39 is 17.8 Å². The molecule has 0 saturated carbocycles. The number of pyridine rings is 1. The van der Waals surface area contributed by atoms with E-state index in [1.165, 1.54) is 12.1 Å². The third-order valence-electron chi connectivity index (χ3n) is 6.26. The molecule has 0 bridgehead atoms. The molecule has 2 heterocycles. The van der Waals surface area contributed by atoms with Crippen molar-refractivity contribution in [2.24, 2.45) is 0 Å². The van der Waals surface area contributed by atoms with E-state index in [0.717, 1.165) is 12.1 Å². The number of nitrogens with zero attached hydrogens (tertiary/aromatic N) is 3. The van der Waals surface area contributed by atoms with Crippen molar-refractivity contribution in [2.75, 3.05) is 32.8 Å². The lowest BCUT2D eigenvalue weighted by atomic mass is 10.0. The van der Waals surface area contributed by atoms with Crippen LogP contribution in [0.25, 0.3) is 22.2 Å². The summed E-state index contributed by atoms with van der Waals surface area (Å²) < 4.78 is 44.1. The Morgan fingerprint density at radius 1 is 1.08 bits per heavy atom. The van der Waals surface area contributed by atoms with Crippen LogP contribution in [0.5, 0.6) is 0 Å². The number of rotatable bonds is 5. The van der Waals surface area contributed by atoms with Gasteiger partial charge in [0.2, 0.25) is 0 Å². The maximum Gasteiger partial charge on any atom is 0.416 e. The Bertz CT molecular complexity index is 1330. The Hall–Kier alpha value is -3.59. The lowest BCUT2D eigenvalue weighted by Gasteiger charge is -2.34. The number of halogens is 4. The lowest BCUT2D eigenvalue weighted by molar-refractivity contribution is -0.137. The summed E-state index contributed by atoms with van der Waals surface area (Å²) in [5.41, 5.74) is 1.67. The smallest absolute Gasteiger partial charge is 0.416 e. The molecule has 1 aromatic heterocycles. The van der Waals surface area contributed by atoms with Gasteiger partial charge in [-0.25, -0.2) is 9.78 Å². The van der Waals surface area contributed by atoms with Crippen LogP contribution in [-0.2, 0) is 10.9 Å². The third kappa shape index (κ3) is 5.72. The number of hydrogen-bond donors (Lipinski definition) is 0. The Morgan fingerprint density at radius 2 is 1.73 bits per heavy atom. The predicted molar refractivity (Wildman–Crippen MR) is 136 cm³/mol. The van der Waals surface area contributed by atoms with E-state index in [-0.39, 0.29) is 12.5 Å². The fraction of sp³-hybridized carbons (Fsp3) is 0.296. The van der Waals surface area contributed by atoms with Crippen LogP contribution in [0.2, 0.25) is 5.02 Å². The molecule has 0 aliphatic carbocycles. The highest BCUT2D eigenvalue weighted by molar-refractivity contribution is 6.36. The summed E-state index contributed by atoms with van der Waals surface area (Å²) in [6.07, 6.45) is -2.60. The predicted octanol–water partition coefficient (Wildman–Crippen LogP) is 6.35. The van der Waals surface area contributed by atoms with Gasteiger partial charge in [-0.15, -0.1) is 6.58 Å². The minimum atomic E-state index is -4.44. The Balaban J connectivity index is 1.54. The zero-order valence-electron chi connectivity index (χ0n) is 20.1. The Labute approximate surface area is 217 Å². The first-order chi connectivity index (χ1) is 17.6. The van der Waals surface area contributed by atoms with E-state index in [1.54, 1.807) is 41.0 Å². The Kier molecular flexibility index (Phi) is 7.73. The molecule has 0 radical (unpaired) electrons. The van der Waals surface area contributed by atoms with Gasteiger partial charge in [0.15, 0.2) is 0 Å². The van der Waals surface area contributed by atoms with Crippen LogP contribution >= 0.6 is 11.6 Å². The fourth-order valence-corrected chi connectivity index (χ4v) is 4.40. The first-order valence-electron chi connectivity index (χ1n) is 11.7. The summed E-state index contributed by atoms with van der Waals surface area (Å²) in [6, 6.07) is 9.74. The average molecular weight is 532 g/mol. The van der Waals surface area contributed by atoms with Crippen molar-refractivity contribution >= 4 is 34.5 Å². The van der Waals surface area contributed by atoms with Crippen molar-refractivity contribution < 1.29 is 27.5 Å². The van der Waals surface area contributed by atoms with Gasteiger partial charge in [-0.2, -0.15) is 13.2 Å². The number of piperazine rings is 1. The maximum absolute atomic E-state index is 13.2. The number of hydrogen-bond acceptors (Lipinski definition) is 4. The SMILES string of the molecule is C=CCCOC(=O)N1CCN(C(=O)c2ccc3c(Cl)c(C)c(-c4ccc(C(F)(F)F)cc4)nc3c2)CC1. The van der Waals surface area contributed by atoms with Crippen LogP contribution in [0.3, 0.4) is 0 Å². The highest BCUT2D eigenvalue weighted by atomic mass is 35.5. The van der Waals surface area contributed by atoms with Gasteiger partial charge < -0.3 is 14.5 Å². The van der Waals surface area contributed by atoms with E-state index in [2.05, 4.69) is 11.6 Å². The molecule has 194 valence electrons. The molecular weight excluding hydrogens is 507 g/mol. The van der Waals surface area contributed by atoms with Crippen LogP contribution in [-0.4, -0.2) is 59.6 Å². The number of ether oxygens (including phenoxy) is 1. The van der Waals surface area contributed by atoms with Crippen molar-refractivity contribution in [3.63, 3.8) is 0 Å². The van der Waals surface area contributed by atoms with Crippen molar-refractivity contribution in [3.05, 3.63) is 76.8 Å². The van der Waals surface area contributed by atoms with Gasteiger partial charge in [-0.1, -0.05) is 35.9 Å². The zero-order valence-corrected chi connectivity index (χ0v) is 20.9. The second-order valence-corrected chi connectivity index (χ2v) is 9.06. The molecule has 3 aromatic rings. The van der Waals surface area contributed by atoms with Gasteiger partial charge in [0.05, 0.1) is 28.4 Å². The van der Waals surface area contributed by atoms with Gasteiger partial charge in [0.25, 0.3) is 5.91 Å². The van der Waals surface area contributed by atoms with Crippen molar-refractivity contribution in [1.29, 1.82) is 0 Å². The molecule has 0 unspecified atom stereocenters. The number of carbonyl (C=O) groups excluding carboxylic acids is 2. The molecule has 0 spiro atoms. The number of alkyl halides is 3. The lowest BCUT2D eigenvalue weighted by Crippen LogP contribution is -2.50. The van der Waals surface area contributed by atoms with E-state index >= 15 is 0 Å². The van der Waals surface area contributed by atoms with Crippen molar-refractivity contribution in [1.82, 2.24) is 14.8 Å². The summed E-state index contributed by atoms with van der Waals surface area (Å²) >= 11 is 6.59. The van der Waals surface area contributed by atoms with E-state index in [0.29, 0.717) is 70.9 Å². The molecule has 0 N–H and O–H groups in total. The third-order valence-corrected chi connectivity index (χ3v) is 6.74. The quantitative estimate of drug-likeness (QED) is 0.284. The minimum absolute atomic E-state index is 0.212. The van der Waals surface area contributed by atoms with Gasteiger partial charge in [-0.3, -0.25) is 4.79 Å². The summed E-state index contributed by atoms with van der Waals surface area (Å²) in [7, 11) is 0. The molecule has 2 aromatic carbocycles. The van der Waals surface area contributed by atoms with Crippen LogP contribution in [0.1, 0.15) is 27.9 Å². The normalized spacial score (nSPS) is 14.1. The van der Waals surface area contributed by atoms with Crippen LogP contribution < -0.4 is 0 Å². The second kappa shape index (κ2) is 10.8. The molecule has 6 nitrogen and oxygen atoms in total. The summed E-state index contributed by atoms with van der Waals surface area (Å²) in [5, 5.41) is 1.06. The number of carbonyl (C=O) groups is 2. The fourth-order valence-electron chi connectivity index (χ4n) is 4.15. The van der Waals surface area contributed by atoms with Gasteiger partial charge in [0.1, 0.15) is 0 Å². The first-order valence-corrected chi connectivity index (χ1v) is 12.1. The Morgan fingerprint density at radius 3 is 2.35 bits per heavy atom. The van der Waals surface area contributed by atoms with E-state index in [4.69, 9.17) is 16.3 Å². The molecule has 1 fully saturated rings. The van der Waals surface area contributed by atoms with Crippen molar-refractivity contribution in [2.45, 2.75) is 19.5 Å². The van der Waals surface area contributed by atoms with E-state index in [9.17, 15) is 22.8 Å². The van der Waals surface area contributed by atoms with Crippen LogP contribution in [0.4, 0.5) is 18.0 Å². The van der Waals surface area contributed by atoms with Crippen LogP contribution in [0.15, 0.2) is 55.1 Å². The van der Waals surface area contributed by atoms with Gasteiger partial charge >= 0.3 is 12.3 Å². The molecule has 37 heavy (non-hydrogen) atoms. The summed E-state index contributed by atoms with van der Waals surface area (Å²) in [4.78, 5) is 33.2. The standard InChI is InChI=1S/C27H25ClF3N3O3/c1-3-4-15-37-26(36)34-13-11-33(12-14-34)25(35)19-7-10-21-22(16-19)32-24(17(2)23(21)28)18-5-8-20(9-6-18)27(29,30)31/h3,5-10,16H,1,4,11-15H2,2H3. The largest absolute Gasteiger partial charge is 0.449 e. The zero-order chi connectivity index (χ0) is 26.7. The molecule has 0 atom stereocenters. The van der Waals surface area contributed by atoms with Crippen molar-refractivity contribution in [3.8, 4) is 11.3 Å². The number of amides is 2. The number of benzene rings is 2. The van der Waals surface area contributed by atoms with E-state index in [1.807, 2.05) is 0 Å². The molecule has 2 amide bonds.